The van der Waals surface area contributed by atoms with Crippen molar-refractivity contribution in [1.82, 2.24) is 9.36 Å². The highest BCUT2D eigenvalue weighted by atomic mass is 32.1. The SMILES string of the molecule is COc1cccc(-c2nsc(NC(=O)C(C)N)n2)c1. The van der Waals surface area contributed by atoms with E-state index in [2.05, 4.69) is 14.7 Å². The maximum Gasteiger partial charge on any atom is 0.242 e. The number of anilines is 1. The number of rotatable bonds is 4. The van der Waals surface area contributed by atoms with E-state index in [9.17, 15) is 4.79 Å². The lowest BCUT2D eigenvalue weighted by Crippen LogP contribution is -2.32. The highest BCUT2D eigenvalue weighted by Crippen LogP contribution is 2.24. The minimum absolute atomic E-state index is 0.284. The number of nitrogens with two attached hydrogens (primary N) is 1. The molecule has 7 heteroatoms. The molecule has 0 radical (unpaired) electrons. The summed E-state index contributed by atoms with van der Waals surface area (Å²) >= 11 is 1.11. The Hall–Kier alpha value is -1.99. The molecule has 6 nitrogen and oxygen atoms in total. The Morgan fingerprint density at radius 3 is 3.00 bits per heavy atom. The molecular weight excluding hydrogens is 264 g/mol. The van der Waals surface area contributed by atoms with Gasteiger partial charge in [0.2, 0.25) is 11.0 Å². The van der Waals surface area contributed by atoms with Gasteiger partial charge in [-0.1, -0.05) is 12.1 Å². The van der Waals surface area contributed by atoms with Gasteiger partial charge in [0.15, 0.2) is 5.82 Å². The van der Waals surface area contributed by atoms with E-state index in [1.807, 2.05) is 24.3 Å². The number of ether oxygens (including phenoxy) is 1. The molecule has 1 aromatic carbocycles. The Kier molecular flexibility index (Phi) is 4.08. The Morgan fingerprint density at radius 1 is 1.53 bits per heavy atom. The van der Waals surface area contributed by atoms with Gasteiger partial charge in [0.05, 0.1) is 13.2 Å². The summed E-state index contributed by atoms with van der Waals surface area (Å²) < 4.78 is 9.33. The Balaban J connectivity index is 2.18. The van der Waals surface area contributed by atoms with Crippen LogP contribution in [0.25, 0.3) is 11.4 Å². The van der Waals surface area contributed by atoms with Crippen molar-refractivity contribution >= 4 is 22.6 Å². The minimum atomic E-state index is -0.579. The van der Waals surface area contributed by atoms with Crippen LogP contribution in [0.15, 0.2) is 24.3 Å². The van der Waals surface area contributed by atoms with Gasteiger partial charge in [-0.3, -0.25) is 10.1 Å². The number of carbonyl (C=O) groups is 1. The third-order valence-corrected chi connectivity index (χ3v) is 3.03. The van der Waals surface area contributed by atoms with Gasteiger partial charge in [-0.2, -0.15) is 9.36 Å². The van der Waals surface area contributed by atoms with Crippen LogP contribution in [0, 0.1) is 0 Å². The number of methoxy groups -OCH3 is 1. The number of hydrogen-bond donors (Lipinski definition) is 2. The zero-order valence-corrected chi connectivity index (χ0v) is 11.4. The first-order valence-electron chi connectivity index (χ1n) is 5.64. The van der Waals surface area contributed by atoms with Crippen molar-refractivity contribution in [3.8, 4) is 17.1 Å². The molecule has 0 aliphatic heterocycles. The fourth-order valence-corrected chi connectivity index (χ4v) is 1.97. The highest BCUT2D eigenvalue weighted by Gasteiger charge is 2.12. The first kappa shape index (κ1) is 13.4. The average molecular weight is 278 g/mol. The topological polar surface area (TPSA) is 90.1 Å². The maximum atomic E-state index is 11.4. The summed E-state index contributed by atoms with van der Waals surface area (Å²) in [5, 5.41) is 3.04. The molecular formula is C12H14N4O2S. The number of nitrogens with zero attached hydrogens (tertiary/aromatic N) is 2. The summed E-state index contributed by atoms with van der Waals surface area (Å²) in [6.07, 6.45) is 0. The second-order valence-electron chi connectivity index (χ2n) is 3.93. The molecule has 1 aromatic heterocycles. The molecule has 0 spiro atoms. The zero-order valence-electron chi connectivity index (χ0n) is 10.6. The van der Waals surface area contributed by atoms with Gasteiger partial charge in [0.1, 0.15) is 5.75 Å². The molecule has 0 saturated carbocycles. The van der Waals surface area contributed by atoms with Crippen LogP contribution in [0.5, 0.6) is 5.75 Å². The van der Waals surface area contributed by atoms with Crippen molar-refractivity contribution in [1.29, 1.82) is 0 Å². The fraction of sp³-hybridized carbons (Fsp3) is 0.250. The van der Waals surface area contributed by atoms with Gasteiger partial charge >= 0.3 is 0 Å². The van der Waals surface area contributed by atoms with E-state index in [1.165, 1.54) is 0 Å². The van der Waals surface area contributed by atoms with Crippen molar-refractivity contribution in [2.24, 2.45) is 5.73 Å². The third-order valence-electron chi connectivity index (χ3n) is 2.40. The van der Waals surface area contributed by atoms with E-state index >= 15 is 0 Å². The van der Waals surface area contributed by atoms with Crippen LogP contribution < -0.4 is 15.8 Å². The van der Waals surface area contributed by atoms with Crippen molar-refractivity contribution in [3.63, 3.8) is 0 Å². The van der Waals surface area contributed by atoms with Gasteiger partial charge in [-0.25, -0.2) is 0 Å². The molecule has 0 saturated heterocycles. The van der Waals surface area contributed by atoms with E-state index in [1.54, 1.807) is 14.0 Å². The van der Waals surface area contributed by atoms with Gasteiger partial charge in [-0.15, -0.1) is 0 Å². The molecule has 0 aliphatic rings. The average Bonchev–Trinajstić information content (AvgIpc) is 2.87. The van der Waals surface area contributed by atoms with Gasteiger partial charge in [0.25, 0.3) is 0 Å². The monoisotopic (exact) mass is 278 g/mol. The first-order chi connectivity index (χ1) is 9.10. The summed E-state index contributed by atoms with van der Waals surface area (Å²) in [6, 6.07) is 6.83. The summed E-state index contributed by atoms with van der Waals surface area (Å²) in [4.78, 5) is 15.7. The number of carbonyl (C=O) groups excluding carboxylic acids is 1. The molecule has 1 atom stereocenters. The van der Waals surface area contributed by atoms with Crippen molar-refractivity contribution in [3.05, 3.63) is 24.3 Å². The number of aromatic nitrogens is 2. The van der Waals surface area contributed by atoms with Gasteiger partial charge in [-0.05, 0) is 19.1 Å². The molecule has 19 heavy (non-hydrogen) atoms. The van der Waals surface area contributed by atoms with Crippen molar-refractivity contribution < 1.29 is 9.53 Å². The highest BCUT2D eigenvalue weighted by molar-refractivity contribution is 7.10. The molecule has 0 aliphatic carbocycles. The Labute approximate surface area is 114 Å². The second-order valence-corrected chi connectivity index (χ2v) is 4.68. The van der Waals surface area contributed by atoms with Crippen LogP contribution >= 0.6 is 11.5 Å². The van der Waals surface area contributed by atoms with Crippen LogP contribution in [-0.4, -0.2) is 28.4 Å². The zero-order chi connectivity index (χ0) is 13.8. The number of hydrogen-bond acceptors (Lipinski definition) is 6. The summed E-state index contributed by atoms with van der Waals surface area (Å²) in [5.74, 6) is 0.991. The fourth-order valence-electron chi connectivity index (χ4n) is 1.37. The predicted molar refractivity (Wildman–Crippen MR) is 74.2 cm³/mol. The third kappa shape index (κ3) is 3.27. The van der Waals surface area contributed by atoms with Crippen LogP contribution in [0.3, 0.4) is 0 Å². The molecule has 0 fully saturated rings. The van der Waals surface area contributed by atoms with Crippen LogP contribution in [0.2, 0.25) is 0 Å². The molecule has 0 bridgehead atoms. The van der Waals surface area contributed by atoms with E-state index in [4.69, 9.17) is 10.5 Å². The lowest BCUT2D eigenvalue weighted by Gasteiger charge is -2.03. The number of amides is 1. The van der Waals surface area contributed by atoms with Crippen LogP contribution in [-0.2, 0) is 4.79 Å². The molecule has 2 aromatic rings. The minimum Gasteiger partial charge on any atom is -0.497 e. The molecule has 1 unspecified atom stereocenters. The first-order valence-corrected chi connectivity index (χ1v) is 6.42. The van der Waals surface area contributed by atoms with E-state index in [0.29, 0.717) is 11.0 Å². The second kappa shape index (κ2) is 5.77. The van der Waals surface area contributed by atoms with Gasteiger partial charge < -0.3 is 10.5 Å². The normalized spacial score (nSPS) is 11.9. The molecule has 3 N–H and O–H groups in total. The lowest BCUT2D eigenvalue weighted by atomic mass is 10.2. The molecule has 100 valence electrons. The summed E-state index contributed by atoms with van der Waals surface area (Å²) in [7, 11) is 1.60. The molecule has 1 amide bonds. The Bertz CT molecular complexity index is 583. The van der Waals surface area contributed by atoms with Gasteiger partial charge in [0, 0.05) is 17.1 Å². The van der Waals surface area contributed by atoms with Crippen molar-refractivity contribution in [2.45, 2.75) is 13.0 Å². The standard InChI is InChI=1S/C12H14N4O2S/c1-7(13)11(17)15-12-14-10(16-19-12)8-4-3-5-9(6-8)18-2/h3-7H,13H2,1-2H3,(H,14,15,16,17). The van der Waals surface area contributed by atoms with Crippen molar-refractivity contribution in [2.75, 3.05) is 12.4 Å². The van der Waals surface area contributed by atoms with Crippen LogP contribution in [0.1, 0.15) is 6.92 Å². The number of benzene rings is 1. The van der Waals surface area contributed by atoms with Crippen LogP contribution in [0.4, 0.5) is 5.13 Å². The largest absolute Gasteiger partial charge is 0.497 e. The van der Waals surface area contributed by atoms with E-state index in [0.717, 1.165) is 22.8 Å². The van der Waals surface area contributed by atoms with E-state index < -0.39 is 6.04 Å². The lowest BCUT2D eigenvalue weighted by molar-refractivity contribution is -0.117. The Morgan fingerprint density at radius 2 is 2.32 bits per heavy atom. The predicted octanol–water partition coefficient (Wildman–Crippen LogP) is 1.50. The smallest absolute Gasteiger partial charge is 0.242 e. The molecule has 1 heterocycles. The quantitative estimate of drug-likeness (QED) is 0.884. The maximum absolute atomic E-state index is 11.4. The van der Waals surface area contributed by atoms with E-state index in [-0.39, 0.29) is 5.91 Å². The summed E-state index contributed by atoms with van der Waals surface area (Å²) in [6.45, 7) is 1.61. The molecule has 2 rings (SSSR count). The summed E-state index contributed by atoms with van der Waals surface area (Å²) in [5.41, 5.74) is 6.30. The number of nitrogens with one attached hydrogen (secondary N) is 1.